The van der Waals surface area contributed by atoms with E-state index in [0.717, 1.165) is 5.56 Å². The van der Waals surface area contributed by atoms with Gasteiger partial charge in [0.1, 0.15) is 23.9 Å². The third-order valence-electron chi connectivity index (χ3n) is 3.02. The van der Waals surface area contributed by atoms with E-state index in [1.54, 1.807) is 24.4 Å². The van der Waals surface area contributed by atoms with Gasteiger partial charge >= 0.3 is 0 Å². The van der Waals surface area contributed by atoms with Gasteiger partial charge in [-0.1, -0.05) is 30.3 Å². The lowest BCUT2D eigenvalue weighted by Gasteiger charge is -2.08. The normalized spacial score (nSPS) is 10.5. The van der Waals surface area contributed by atoms with Crippen LogP contribution in [0.5, 0.6) is 5.75 Å². The number of halogens is 1. The first-order chi connectivity index (χ1) is 10.2. The van der Waals surface area contributed by atoms with E-state index in [1.165, 1.54) is 10.7 Å². The molecule has 0 unspecified atom stereocenters. The average molecular weight is 283 g/mol. The fourth-order valence-electron chi connectivity index (χ4n) is 1.98. The molecule has 0 spiro atoms. The van der Waals surface area contributed by atoms with Crippen LogP contribution in [-0.2, 0) is 6.61 Å². The van der Waals surface area contributed by atoms with Crippen molar-refractivity contribution in [3.8, 4) is 11.4 Å². The van der Waals surface area contributed by atoms with Crippen LogP contribution in [-0.4, -0.2) is 9.78 Å². The van der Waals surface area contributed by atoms with E-state index in [2.05, 4.69) is 5.10 Å². The summed E-state index contributed by atoms with van der Waals surface area (Å²) in [7, 11) is 0. The molecule has 2 N–H and O–H groups in total. The first kappa shape index (κ1) is 13.2. The summed E-state index contributed by atoms with van der Waals surface area (Å²) in [5.41, 5.74) is 6.89. The zero-order chi connectivity index (χ0) is 14.7. The van der Waals surface area contributed by atoms with Crippen LogP contribution in [0.25, 0.3) is 5.69 Å². The molecule has 3 aromatic rings. The highest BCUT2D eigenvalue weighted by Gasteiger charge is 2.07. The molecule has 0 bridgehead atoms. The molecule has 3 rings (SSSR count). The van der Waals surface area contributed by atoms with Gasteiger partial charge in [0, 0.05) is 18.3 Å². The summed E-state index contributed by atoms with van der Waals surface area (Å²) in [6.07, 6.45) is 1.61. The molecule has 1 heterocycles. The van der Waals surface area contributed by atoms with Crippen molar-refractivity contribution in [2.24, 2.45) is 0 Å². The molecule has 0 saturated heterocycles. The maximum atomic E-state index is 14.1. The summed E-state index contributed by atoms with van der Waals surface area (Å²) in [6.45, 7) is 0.397. The zero-order valence-electron chi connectivity index (χ0n) is 11.2. The van der Waals surface area contributed by atoms with Crippen LogP contribution in [0.15, 0.2) is 60.8 Å². The Hall–Kier alpha value is -2.82. The van der Waals surface area contributed by atoms with Gasteiger partial charge < -0.3 is 10.5 Å². The lowest BCUT2D eigenvalue weighted by Crippen LogP contribution is -2.01. The van der Waals surface area contributed by atoms with Crippen LogP contribution in [0, 0.1) is 5.82 Å². The molecule has 21 heavy (non-hydrogen) atoms. The second-order valence-electron chi connectivity index (χ2n) is 4.57. The fraction of sp³-hybridized carbons (Fsp3) is 0.0625. The molecule has 106 valence electrons. The van der Waals surface area contributed by atoms with Crippen molar-refractivity contribution in [1.82, 2.24) is 9.78 Å². The van der Waals surface area contributed by atoms with Crippen LogP contribution in [0.4, 0.5) is 10.2 Å². The molecule has 0 atom stereocenters. The second-order valence-corrected chi connectivity index (χ2v) is 4.57. The third-order valence-corrected chi connectivity index (χ3v) is 3.02. The van der Waals surface area contributed by atoms with Gasteiger partial charge in [0.25, 0.3) is 0 Å². The van der Waals surface area contributed by atoms with E-state index in [9.17, 15) is 4.39 Å². The Morgan fingerprint density at radius 3 is 2.57 bits per heavy atom. The maximum absolute atomic E-state index is 14.1. The molecular weight excluding hydrogens is 269 g/mol. The highest BCUT2D eigenvalue weighted by molar-refractivity contribution is 5.40. The van der Waals surface area contributed by atoms with E-state index in [-0.39, 0.29) is 0 Å². The number of aromatic nitrogens is 2. The Kier molecular flexibility index (Phi) is 3.55. The van der Waals surface area contributed by atoms with Gasteiger partial charge in [-0.05, 0) is 17.7 Å². The monoisotopic (exact) mass is 283 g/mol. The lowest BCUT2D eigenvalue weighted by atomic mass is 10.2. The van der Waals surface area contributed by atoms with Gasteiger partial charge in [-0.25, -0.2) is 9.07 Å². The van der Waals surface area contributed by atoms with Crippen molar-refractivity contribution >= 4 is 5.82 Å². The number of ether oxygens (including phenoxy) is 1. The number of hydrogen-bond acceptors (Lipinski definition) is 3. The summed E-state index contributed by atoms with van der Waals surface area (Å²) in [4.78, 5) is 0. The number of nitrogens with zero attached hydrogens (tertiary/aromatic N) is 2. The smallest absolute Gasteiger partial charge is 0.152 e. The number of nitrogens with two attached hydrogens (primary N) is 1. The van der Waals surface area contributed by atoms with Crippen molar-refractivity contribution in [2.75, 3.05) is 5.73 Å². The summed E-state index contributed by atoms with van der Waals surface area (Å²) in [5, 5.41) is 3.98. The quantitative estimate of drug-likeness (QED) is 0.800. The van der Waals surface area contributed by atoms with E-state index in [0.29, 0.717) is 23.9 Å². The lowest BCUT2D eigenvalue weighted by molar-refractivity contribution is 0.304. The summed E-state index contributed by atoms with van der Waals surface area (Å²) in [5.74, 6) is 0.405. The van der Waals surface area contributed by atoms with Crippen molar-refractivity contribution < 1.29 is 9.13 Å². The van der Waals surface area contributed by atoms with E-state index in [1.807, 2.05) is 30.3 Å². The summed E-state index contributed by atoms with van der Waals surface area (Å²) >= 11 is 0. The fourth-order valence-corrected chi connectivity index (χ4v) is 1.98. The number of benzene rings is 2. The van der Waals surface area contributed by atoms with Crippen molar-refractivity contribution in [3.05, 3.63) is 72.2 Å². The molecule has 5 heteroatoms. The van der Waals surface area contributed by atoms with Gasteiger partial charge in [0.05, 0.1) is 0 Å². The van der Waals surface area contributed by atoms with Crippen molar-refractivity contribution in [2.45, 2.75) is 6.61 Å². The van der Waals surface area contributed by atoms with Gasteiger partial charge in [-0.3, -0.25) is 0 Å². The minimum Gasteiger partial charge on any atom is -0.489 e. The Balaban J connectivity index is 1.75. The summed E-state index contributed by atoms with van der Waals surface area (Å²) < 4.78 is 21.1. The molecule has 0 radical (unpaired) electrons. The van der Waals surface area contributed by atoms with Crippen molar-refractivity contribution in [3.63, 3.8) is 0 Å². The SMILES string of the molecule is Nc1ccn(-c2ccc(OCc3ccccc3)cc2F)n1. The number of rotatable bonds is 4. The molecule has 0 amide bonds. The van der Waals surface area contributed by atoms with E-state index in [4.69, 9.17) is 10.5 Å². The predicted molar refractivity (Wildman–Crippen MR) is 78.7 cm³/mol. The number of hydrogen-bond donors (Lipinski definition) is 1. The van der Waals surface area contributed by atoms with Crippen LogP contribution in [0.2, 0.25) is 0 Å². The molecule has 0 fully saturated rings. The molecule has 4 nitrogen and oxygen atoms in total. The largest absolute Gasteiger partial charge is 0.489 e. The predicted octanol–water partition coefficient (Wildman–Crippen LogP) is 3.17. The minimum atomic E-state index is -0.413. The second kappa shape index (κ2) is 5.66. The molecule has 0 aliphatic rings. The molecular formula is C16H14FN3O. The Morgan fingerprint density at radius 1 is 1.10 bits per heavy atom. The first-order valence-corrected chi connectivity index (χ1v) is 6.50. The molecule has 0 saturated carbocycles. The highest BCUT2D eigenvalue weighted by atomic mass is 19.1. The van der Waals surface area contributed by atoms with Crippen molar-refractivity contribution in [1.29, 1.82) is 0 Å². The Labute approximate surface area is 121 Å². The van der Waals surface area contributed by atoms with Gasteiger partial charge in [-0.2, -0.15) is 5.10 Å². The molecule has 2 aromatic carbocycles. The van der Waals surface area contributed by atoms with Gasteiger partial charge in [0.15, 0.2) is 5.82 Å². The van der Waals surface area contributed by atoms with Gasteiger partial charge in [0.2, 0.25) is 0 Å². The first-order valence-electron chi connectivity index (χ1n) is 6.50. The highest BCUT2D eigenvalue weighted by Crippen LogP contribution is 2.20. The topological polar surface area (TPSA) is 53.1 Å². The van der Waals surface area contributed by atoms with Crippen LogP contribution in [0.3, 0.4) is 0 Å². The minimum absolute atomic E-state index is 0.332. The molecule has 1 aromatic heterocycles. The molecule has 0 aliphatic heterocycles. The van der Waals surface area contributed by atoms with E-state index >= 15 is 0 Å². The zero-order valence-corrected chi connectivity index (χ0v) is 11.2. The number of anilines is 1. The third kappa shape index (κ3) is 3.02. The van der Waals surface area contributed by atoms with Gasteiger partial charge in [-0.15, -0.1) is 0 Å². The van der Waals surface area contributed by atoms with Crippen LogP contribution in [0.1, 0.15) is 5.56 Å². The van der Waals surface area contributed by atoms with Crippen LogP contribution < -0.4 is 10.5 Å². The Morgan fingerprint density at radius 2 is 1.90 bits per heavy atom. The van der Waals surface area contributed by atoms with E-state index < -0.39 is 5.82 Å². The standard InChI is InChI=1S/C16H14FN3O/c17-14-10-13(21-11-12-4-2-1-3-5-12)6-7-15(14)20-9-8-16(18)19-20/h1-10H,11H2,(H2,18,19). The van der Waals surface area contributed by atoms with Crippen LogP contribution >= 0.6 is 0 Å². The number of nitrogen functional groups attached to an aromatic ring is 1. The molecule has 0 aliphatic carbocycles. The maximum Gasteiger partial charge on any atom is 0.152 e. The average Bonchev–Trinajstić information content (AvgIpc) is 2.92. The Bertz CT molecular complexity index is 740. The summed E-state index contributed by atoms with van der Waals surface area (Å²) in [6, 6.07) is 16.0.